The van der Waals surface area contributed by atoms with Gasteiger partial charge in [-0.05, 0) is 23.6 Å². The van der Waals surface area contributed by atoms with E-state index in [2.05, 4.69) is 15.6 Å². The second-order valence-corrected chi connectivity index (χ2v) is 4.73. The molecule has 2 rings (SSSR count). The van der Waals surface area contributed by atoms with Crippen LogP contribution in [0.5, 0.6) is 5.75 Å². The van der Waals surface area contributed by atoms with Crippen LogP contribution in [0.2, 0.25) is 0 Å². The van der Waals surface area contributed by atoms with Crippen LogP contribution in [-0.2, 0) is 0 Å². The van der Waals surface area contributed by atoms with Crippen molar-refractivity contribution in [3.05, 3.63) is 30.3 Å². The van der Waals surface area contributed by atoms with E-state index >= 15 is 0 Å². The number of ether oxygens (including phenoxy) is 1. The quantitative estimate of drug-likeness (QED) is 0.297. The van der Waals surface area contributed by atoms with Crippen LogP contribution in [0, 0.1) is 5.41 Å². The van der Waals surface area contributed by atoms with Gasteiger partial charge in [0.1, 0.15) is 0 Å². The molecule has 0 aromatic heterocycles. The monoisotopic (exact) mass is 281 g/mol. The molecule has 0 atom stereocenters. The molecule has 0 amide bonds. The van der Waals surface area contributed by atoms with Crippen LogP contribution in [0.4, 0.5) is 11.4 Å². The molecular formula is C14H16BN5O. The van der Waals surface area contributed by atoms with E-state index in [1.807, 2.05) is 44.4 Å². The van der Waals surface area contributed by atoms with E-state index in [1.165, 1.54) is 0 Å². The third kappa shape index (κ3) is 3.58. The lowest BCUT2D eigenvalue weighted by atomic mass is 10.1. The molecule has 6 nitrogen and oxygen atoms in total. The first-order chi connectivity index (χ1) is 10.0. The van der Waals surface area contributed by atoms with Gasteiger partial charge in [0, 0.05) is 26.4 Å². The third-order valence-corrected chi connectivity index (χ3v) is 2.73. The van der Waals surface area contributed by atoms with Gasteiger partial charge in [0.05, 0.1) is 11.4 Å². The predicted molar refractivity (Wildman–Crippen MR) is 85.6 cm³/mol. The average molecular weight is 281 g/mol. The molecule has 0 unspecified atom stereocenters. The van der Waals surface area contributed by atoms with Crippen LogP contribution in [0.15, 0.2) is 40.5 Å². The van der Waals surface area contributed by atoms with Crippen LogP contribution in [0.3, 0.4) is 0 Å². The summed E-state index contributed by atoms with van der Waals surface area (Å²) >= 11 is 0. The van der Waals surface area contributed by atoms with Crippen molar-refractivity contribution in [1.82, 2.24) is 5.01 Å². The van der Waals surface area contributed by atoms with Crippen molar-refractivity contribution >= 4 is 36.0 Å². The van der Waals surface area contributed by atoms with E-state index in [0.29, 0.717) is 11.4 Å². The van der Waals surface area contributed by atoms with E-state index in [-0.39, 0.29) is 5.90 Å². The Hall–Kier alpha value is -2.41. The van der Waals surface area contributed by atoms with Crippen LogP contribution >= 0.6 is 0 Å². The summed E-state index contributed by atoms with van der Waals surface area (Å²) in [6.07, 6.45) is 0. The number of nitrogens with one attached hydrogen (secondary N) is 2. The zero-order chi connectivity index (χ0) is 15.4. The fourth-order valence-electron chi connectivity index (χ4n) is 2.00. The highest BCUT2D eigenvalue weighted by Crippen LogP contribution is 2.36. The number of fused-ring (bicyclic) bond motifs is 1. The Balaban J connectivity index is 2.65. The molecule has 0 fully saturated rings. The number of rotatable bonds is 4. The Labute approximate surface area is 124 Å². The van der Waals surface area contributed by atoms with Crippen LogP contribution in [-0.4, -0.2) is 33.0 Å². The summed E-state index contributed by atoms with van der Waals surface area (Å²) in [5, 5.41) is 18.3. The van der Waals surface area contributed by atoms with Crippen molar-refractivity contribution < 1.29 is 4.74 Å². The molecule has 106 valence electrons. The highest BCUT2D eigenvalue weighted by molar-refractivity contribution is 6.05. The molecule has 0 bridgehead atoms. The molecule has 0 saturated carbocycles. The van der Waals surface area contributed by atoms with Crippen molar-refractivity contribution in [2.24, 2.45) is 10.1 Å². The van der Waals surface area contributed by atoms with Gasteiger partial charge in [0.2, 0.25) is 0 Å². The second-order valence-electron chi connectivity index (χ2n) is 4.73. The minimum absolute atomic E-state index is 0.107. The first-order valence-electron chi connectivity index (χ1n) is 6.36. The van der Waals surface area contributed by atoms with Gasteiger partial charge in [-0.2, -0.15) is 5.11 Å². The summed E-state index contributed by atoms with van der Waals surface area (Å²) in [5.74, 6) is 0.679. The molecule has 7 heteroatoms. The molecule has 0 aliphatic heterocycles. The Kier molecular flexibility index (Phi) is 4.54. The molecule has 2 N–H and O–H groups in total. The fourth-order valence-corrected chi connectivity index (χ4v) is 2.00. The van der Waals surface area contributed by atoms with Gasteiger partial charge in [-0.3, -0.25) is 10.4 Å². The van der Waals surface area contributed by atoms with Crippen LogP contribution < -0.4 is 10.2 Å². The molecule has 0 saturated heterocycles. The molecule has 0 heterocycles. The van der Waals surface area contributed by atoms with Gasteiger partial charge in [0.25, 0.3) is 7.98 Å². The standard InChI is InChI=1S/C14H16BN5O/c1-9(16)21-14-12-8-11(17-19-15)6-4-10(12)5-7-13(14)18-20(2)3/h4-8,16,18H,1-3H3. The molecule has 0 aliphatic rings. The lowest BCUT2D eigenvalue weighted by Crippen LogP contribution is -2.20. The lowest BCUT2D eigenvalue weighted by Gasteiger charge is -2.18. The van der Waals surface area contributed by atoms with Crippen molar-refractivity contribution in [2.45, 2.75) is 6.92 Å². The summed E-state index contributed by atoms with van der Waals surface area (Å²) in [6.45, 7) is 1.59. The predicted octanol–water partition coefficient (Wildman–Crippen LogP) is 3.27. The lowest BCUT2D eigenvalue weighted by molar-refractivity contribution is 0.485. The summed E-state index contributed by atoms with van der Waals surface area (Å²) in [7, 11) is 8.85. The largest absolute Gasteiger partial charge is 0.441 e. The maximum Gasteiger partial charge on any atom is 0.293 e. The van der Waals surface area contributed by atoms with E-state index in [9.17, 15) is 0 Å². The highest BCUT2D eigenvalue weighted by atomic mass is 16.5. The summed E-state index contributed by atoms with van der Waals surface area (Å²) < 4.78 is 5.58. The van der Waals surface area contributed by atoms with E-state index in [4.69, 9.17) is 18.1 Å². The summed E-state index contributed by atoms with van der Waals surface area (Å²) in [4.78, 5) is 0. The molecule has 0 spiro atoms. The molecule has 2 aromatic carbocycles. The van der Waals surface area contributed by atoms with Gasteiger partial charge in [0.15, 0.2) is 11.6 Å². The summed E-state index contributed by atoms with van der Waals surface area (Å²) in [5.41, 5.74) is 4.54. The molecular weight excluding hydrogens is 265 g/mol. The molecule has 2 aromatic rings. The first-order valence-corrected chi connectivity index (χ1v) is 6.36. The smallest absolute Gasteiger partial charge is 0.293 e. The van der Waals surface area contributed by atoms with Gasteiger partial charge >= 0.3 is 0 Å². The van der Waals surface area contributed by atoms with E-state index in [0.717, 1.165) is 16.5 Å². The first kappa shape index (κ1) is 15.0. The molecule has 21 heavy (non-hydrogen) atoms. The van der Waals surface area contributed by atoms with Gasteiger partial charge < -0.3 is 10.2 Å². The van der Waals surface area contributed by atoms with Crippen LogP contribution in [0.1, 0.15) is 6.92 Å². The van der Waals surface area contributed by atoms with E-state index in [1.54, 1.807) is 11.9 Å². The number of hydrogen-bond acceptors (Lipinski definition) is 6. The van der Waals surface area contributed by atoms with Crippen molar-refractivity contribution in [2.75, 3.05) is 19.5 Å². The topological polar surface area (TPSA) is 73.1 Å². The summed E-state index contributed by atoms with van der Waals surface area (Å²) in [6, 6.07) is 9.43. The Morgan fingerprint density at radius 3 is 2.62 bits per heavy atom. The molecule has 2 radical (unpaired) electrons. The third-order valence-electron chi connectivity index (χ3n) is 2.73. The van der Waals surface area contributed by atoms with Crippen molar-refractivity contribution in [3.8, 4) is 5.75 Å². The number of anilines is 1. The van der Waals surface area contributed by atoms with Gasteiger partial charge in [-0.15, -0.1) is 0 Å². The SMILES string of the molecule is [B]N=Nc1ccc2ccc(NN(C)C)c(OC(C)=N)c2c1. The average Bonchev–Trinajstić information content (AvgIpc) is 2.41. The normalized spacial score (nSPS) is 11.2. The van der Waals surface area contributed by atoms with E-state index < -0.39 is 0 Å². The Morgan fingerprint density at radius 1 is 1.29 bits per heavy atom. The number of nitrogens with zero attached hydrogens (tertiary/aromatic N) is 3. The highest BCUT2D eigenvalue weighted by Gasteiger charge is 2.11. The zero-order valence-electron chi connectivity index (χ0n) is 12.2. The van der Waals surface area contributed by atoms with Crippen molar-refractivity contribution in [3.63, 3.8) is 0 Å². The Morgan fingerprint density at radius 2 is 2.00 bits per heavy atom. The van der Waals surface area contributed by atoms with Crippen molar-refractivity contribution in [1.29, 1.82) is 5.41 Å². The van der Waals surface area contributed by atoms with Gasteiger partial charge in [-0.25, -0.2) is 5.01 Å². The molecule has 0 aliphatic carbocycles. The number of hydrazine groups is 1. The second kappa shape index (κ2) is 6.36. The minimum atomic E-state index is 0.107. The maximum absolute atomic E-state index is 7.60. The zero-order valence-corrected chi connectivity index (χ0v) is 12.2. The fraction of sp³-hybridized carbons (Fsp3) is 0.214. The maximum atomic E-state index is 7.60. The van der Waals surface area contributed by atoms with Crippen LogP contribution in [0.25, 0.3) is 10.8 Å². The van der Waals surface area contributed by atoms with Gasteiger partial charge in [-0.1, -0.05) is 12.1 Å². The number of benzene rings is 2. The Bertz CT molecular complexity index is 699. The minimum Gasteiger partial charge on any atom is -0.441 e. The number of hydrogen-bond donors (Lipinski definition) is 2.